The van der Waals surface area contributed by atoms with Crippen LogP contribution in [0.15, 0.2) is 30.7 Å². The minimum Gasteiger partial charge on any atom is -0.298 e. The summed E-state index contributed by atoms with van der Waals surface area (Å²) >= 11 is 8.01. The Hall–Kier alpha value is -0.880. The standard InChI is InChI=1S/C10H6ClIN2O/c11-9-3-1-2-7(8(9)5-15)10-4-14(12)6-13-10/h1-6H. The molecule has 0 aliphatic rings. The Morgan fingerprint density at radius 2 is 2.27 bits per heavy atom. The van der Waals surface area contributed by atoms with Gasteiger partial charge in [-0.2, -0.15) is 0 Å². The predicted octanol–water partition coefficient (Wildman–Crippen LogP) is 3.21. The lowest BCUT2D eigenvalue weighted by Crippen LogP contribution is -1.88. The average Bonchev–Trinajstić information content (AvgIpc) is 2.64. The highest BCUT2D eigenvalue weighted by atomic mass is 127. The summed E-state index contributed by atoms with van der Waals surface area (Å²) in [5.41, 5.74) is 1.98. The number of halogens is 2. The van der Waals surface area contributed by atoms with Crippen molar-refractivity contribution in [2.24, 2.45) is 0 Å². The van der Waals surface area contributed by atoms with Crippen molar-refractivity contribution in [2.75, 3.05) is 0 Å². The van der Waals surface area contributed by atoms with E-state index >= 15 is 0 Å². The Labute approximate surface area is 106 Å². The van der Waals surface area contributed by atoms with Gasteiger partial charge in [-0.1, -0.05) is 23.7 Å². The van der Waals surface area contributed by atoms with E-state index in [2.05, 4.69) is 27.8 Å². The molecule has 0 unspecified atom stereocenters. The van der Waals surface area contributed by atoms with Crippen molar-refractivity contribution in [3.8, 4) is 11.3 Å². The first-order valence-corrected chi connectivity index (χ1v) is 5.51. The summed E-state index contributed by atoms with van der Waals surface area (Å²) in [5, 5.41) is 0.450. The van der Waals surface area contributed by atoms with Gasteiger partial charge in [0.2, 0.25) is 0 Å². The van der Waals surface area contributed by atoms with Crippen molar-refractivity contribution in [3.63, 3.8) is 0 Å². The molecule has 0 amide bonds. The molecule has 0 radical (unpaired) electrons. The Morgan fingerprint density at radius 1 is 1.47 bits per heavy atom. The first-order valence-electron chi connectivity index (χ1n) is 4.16. The van der Waals surface area contributed by atoms with E-state index in [1.54, 1.807) is 21.2 Å². The normalized spacial score (nSPS) is 10.3. The van der Waals surface area contributed by atoms with Gasteiger partial charge in [0.25, 0.3) is 0 Å². The summed E-state index contributed by atoms with van der Waals surface area (Å²) in [7, 11) is 0. The zero-order valence-electron chi connectivity index (χ0n) is 7.52. The summed E-state index contributed by atoms with van der Waals surface area (Å²) in [4.78, 5) is 15.1. The molecule has 0 saturated heterocycles. The van der Waals surface area contributed by atoms with E-state index < -0.39 is 0 Å². The summed E-state index contributed by atoms with van der Waals surface area (Å²) in [6.45, 7) is 0. The molecule has 5 heteroatoms. The minimum absolute atomic E-state index is 0.450. The fourth-order valence-corrected chi connectivity index (χ4v) is 1.93. The quantitative estimate of drug-likeness (QED) is 0.625. The third kappa shape index (κ3) is 2.05. The van der Waals surface area contributed by atoms with Gasteiger partial charge in [0.05, 0.1) is 33.6 Å². The molecule has 1 aromatic carbocycles. The molecule has 3 nitrogen and oxygen atoms in total. The molecule has 0 spiro atoms. The van der Waals surface area contributed by atoms with Crippen molar-refractivity contribution >= 4 is 40.8 Å². The molecule has 0 bridgehead atoms. The maximum absolute atomic E-state index is 10.9. The monoisotopic (exact) mass is 332 g/mol. The predicted molar refractivity (Wildman–Crippen MR) is 67.5 cm³/mol. The molecular formula is C10H6ClIN2O. The SMILES string of the molecule is O=Cc1c(Cl)cccc1-c1cn(I)cn1. The number of aromatic nitrogens is 2. The molecule has 76 valence electrons. The lowest BCUT2D eigenvalue weighted by Gasteiger charge is -2.02. The van der Waals surface area contributed by atoms with Crippen molar-refractivity contribution in [1.29, 1.82) is 0 Å². The van der Waals surface area contributed by atoms with Crippen LogP contribution in [-0.4, -0.2) is 14.1 Å². The second kappa shape index (κ2) is 4.32. The molecule has 0 saturated carbocycles. The molecule has 15 heavy (non-hydrogen) atoms. The van der Waals surface area contributed by atoms with Crippen LogP contribution < -0.4 is 0 Å². The Balaban J connectivity index is 2.62. The van der Waals surface area contributed by atoms with Crippen molar-refractivity contribution in [1.82, 2.24) is 7.76 Å². The van der Waals surface area contributed by atoms with Gasteiger partial charge in [-0.3, -0.25) is 7.58 Å². The van der Waals surface area contributed by atoms with Crippen molar-refractivity contribution < 1.29 is 4.79 Å². The molecule has 1 heterocycles. The van der Waals surface area contributed by atoms with E-state index in [0.717, 1.165) is 17.5 Å². The molecule has 1 aromatic heterocycles. The molecule has 0 aliphatic carbocycles. The van der Waals surface area contributed by atoms with Gasteiger partial charge >= 0.3 is 0 Å². The maximum Gasteiger partial charge on any atom is 0.152 e. The first kappa shape index (κ1) is 10.6. The van der Waals surface area contributed by atoms with Crippen LogP contribution in [0.2, 0.25) is 5.02 Å². The molecule has 0 fully saturated rings. The third-order valence-corrected chi connectivity index (χ3v) is 2.86. The van der Waals surface area contributed by atoms with Crippen molar-refractivity contribution in [3.05, 3.63) is 41.3 Å². The lowest BCUT2D eigenvalue weighted by molar-refractivity contribution is 0.112. The second-order valence-corrected chi connectivity index (χ2v) is 4.44. The number of carbonyl (C=O) groups excluding carboxylic acids is 1. The van der Waals surface area contributed by atoms with Crippen LogP contribution in [0.1, 0.15) is 10.4 Å². The summed E-state index contributed by atoms with van der Waals surface area (Å²) in [5.74, 6) is 0. The number of hydrogen-bond donors (Lipinski definition) is 0. The van der Waals surface area contributed by atoms with E-state index in [0.29, 0.717) is 10.6 Å². The molecule has 0 atom stereocenters. The van der Waals surface area contributed by atoms with E-state index in [-0.39, 0.29) is 0 Å². The number of carbonyl (C=O) groups is 1. The van der Waals surface area contributed by atoms with Crippen LogP contribution in [0.25, 0.3) is 11.3 Å². The molecular weight excluding hydrogens is 326 g/mol. The lowest BCUT2D eigenvalue weighted by atomic mass is 10.1. The summed E-state index contributed by atoms with van der Waals surface area (Å²) < 4.78 is 1.79. The number of nitrogens with zero attached hydrogens (tertiary/aromatic N) is 2. The molecule has 2 rings (SSSR count). The van der Waals surface area contributed by atoms with Gasteiger partial charge in [-0.05, 0) is 6.07 Å². The highest BCUT2D eigenvalue weighted by Crippen LogP contribution is 2.26. The molecule has 0 N–H and O–H groups in total. The zero-order chi connectivity index (χ0) is 10.8. The number of benzene rings is 1. The summed E-state index contributed by atoms with van der Waals surface area (Å²) in [6.07, 6.45) is 4.26. The minimum atomic E-state index is 0.450. The average molecular weight is 333 g/mol. The van der Waals surface area contributed by atoms with E-state index in [1.807, 2.05) is 12.3 Å². The molecule has 0 aliphatic heterocycles. The number of rotatable bonds is 2. The van der Waals surface area contributed by atoms with E-state index in [9.17, 15) is 4.79 Å². The van der Waals surface area contributed by atoms with Crippen LogP contribution >= 0.6 is 34.5 Å². The Kier molecular flexibility index (Phi) is 3.06. The highest BCUT2D eigenvalue weighted by molar-refractivity contribution is 14.1. The van der Waals surface area contributed by atoms with Gasteiger partial charge in [0.1, 0.15) is 6.33 Å². The van der Waals surface area contributed by atoms with E-state index in [4.69, 9.17) is 11.6 Å². The first-order chi connectivity index (χ1) is 7.22. The molecule has 2 aromatic rings. The van der Waals surface area contributed by atoms with E-state index in [1.165, 1.54) is 0 Å². The van der Waals surface area contributed by atoms with Crippen LogP contribution in [-0.2, 0) is 0 Å². The van der Waals surface area contributed by atoms with Crippen LogP contribution in [0, 0.1) is 0 Å². The second-order valence-electron chi connectivity index (χ2n) is 2.92. The summed E-state index contributed by atoms with van der Waals surface area (Å²) in [6, 6.07) is 5.32. The Morgan fingerprint density at radius 3 is 2.87 bits per heavy atom. The largest absolute Gasteiger partial charge is 0.298 e. The van der Waals surface area contributed by atoms with Gasteiger partial charge in [-0.25, -0.2) is 4.98 Å². The maximum atomic E-state index is 10.9. The number of hydrogen-bond acceptors (Lipinski definition) is 2. The van der Waals surface area contributed by atoms with Crippen LogP contribution in [0.3, 0.4) is 0 Å². The number of aldehydes is 1. The van der Waals surface area contributed by atoms with Gasteiger partial charge in [-0.15, -0.1) is 0 Å². The van der Waals surface area contributed by atoms with Gasteiger partial charge in [0, 0.05) is 17.3 Å². The highest BCUT2D eigenvalue weighted by Gasteiger charge is 2.09. The number of imidazole rings is 1. The fraction of sp³-hybridized carbons (Fsp3) is 0. The topological polar surface area (TPSA) is 34.9 Å². The Bertz CT molecular complexity index is 510. The van der Waals surface area contributed by atoms with Gasteiger partial charge < -0.3 is 0 Å². The smallest absolute Gasteiger partial charge is 0.152 e. The van der Waals surface area contributed by atoms with Crippen molar-refractivity contribution in [2.45, 2.75) is 0 Å². The van der Waals surface area contributed by atoms with Crippen LogP contribution in [0.5, 0.6) is 0 Å². The third-order valence-electron chi connectivity index (χ3n) is 2.00. The van der Waals surface area contributed by atoms with Crippen LogP contribution in [0.4, 0.5) is 0 Å². The zero-order valence-corrected chi connectivity index (χ0v) is 10.4. The van der Waals surface area contributed by atoms with Gasteiger partial charge in [0.15, 0.2) is 6.29 Å². The fourth-order valence-electron chi connectivity index (χ4n) is 1.32.